The van der Waals surface area contributed by atoms with Crippen molar-refractivity contribution < 1.29 is 8.78 Å². The van der Waals surface area contributed by atoms with E-state index in [1.807, 2.05) is 0 Å². The number of rotatable bonds is 3. The summed E-state index contributed by atoms with van der Waals surface area (Å²) in [6.45, 7) is 0. The van der Waals surface area contributed by atoms with Gasteiger partial charge in [-0.25, -0.2) is 8.78 Å². The molecule has 0 radical (unpaired) electrons. The Labute approximate surface area is 99.5 Å². The second kappa shape index (κ2) is 5.53. The molecule has 1 aromatic rings. The molecule has 0 saturated carbocycles. The molecule has 3 nitrogen and oxygen atoms in total. The molecule has 6 heteroatoms. The molecule has 82 valence electrons. The number of nitrogens with zero attached hydrogens (tertiary/aromatic N) is 3. The smallest absolute Gasteiger partial charge is 0.258 e. The fourth-order valence-corrected chi connectivity index (χ4v) is 1.74. The summed E-state index contributed by atoms with van der Waals surface area (Å²) in [6.07, 6.45) is -1.63. The molecule has 0 saturated heterocycles. The Morgan fingerprint density at radius 1 is 1.44 bits per heavy atom. The van der Waals surface area contributed by atoms with Gasteiger partial charge >= 0.3 is 0 Å². The summed E-state index contributed by atoms with van der Waals surface area (Å²) in [5, 5.41) is 17.5. The van der Waals surface area contributed by atoms with E-state index in [0.29, 0.717) is 0 Å². The lowest BCUT2D eigenvalue weighted by Crippen LogP contribution is -2.04. The summed E-state index contributed by atoms with van der Waals surface area (Å²) in [4.78, 5) is 3.84. The summed E-state index contributed by atoms with van der Waals surface area (Å²) in [5.74, 6) is 0. The first-order chi connectivity index (χ1) is 7.65. The van der Waals surface area contributed by atoms with Crippen LogP contribution in [-0.4, -0.2) is 4.98 Å². The second-order valence-electron chi connectivity index (χ2n) is 2.90. The van der Waals surface area contributed by atoms with Gasteiger partial charge in [0.25, 0.3) is 6.43 Å². The molecule has 16 heavy (non-hydrogen) atoms. The Bertz CT molecular complexity index is 474. The third-order valence-electron chi connectivity index (χ3n) is 2.00. The van der Waals surface area contributed by atoms with Crippen molar-refractivity contribution in [3.63, 3.8) is 0 Å². The van der Waals surface area contributed by atoms with Gasteiger partial charge in [-0.05, 0) is 5.56 Å². The van der Waals surface area contributed by atoms with Crippen LogP contribution in [0.2, 0.25) is 0 Å². The summed E-state index contributed by atoms with van der Waals surface area (Å²) in [6, 6.07) is 3.48. The first-order valence-corrected chi connectivity index (χ1v) is 5.39. The maximum Gasteiger partial charge on any atom is 0.265 e. The van der Waals surface area contributed by atoms with Gasteiger partial charge in [-0.2, -0.15) is 10.5 Å². The van der Waals surface area contributed by atoms with E-state index in [0.717, 1.165) is 0 Å². The summed E-state index contributed by atoms with van der Waals surface area (Å²) in [5.41, 5.74) is -0.147. The number of aromatic nitrogens is 1. The van der Waals surface area contributed by atoms with Crippen LogP contribution in [0.5, 0.6) is 0 Å². The standard InChI is InChI=1S/C10H6BrF2N3/c11-3-6-5-16-8(1-2-14)7(4-15)9(6)10(12)13/h5,10H,1,3H2. The van der Waals surface area contributed by atoms with Gasteiger partial charge in [0.2, 0.25) is 0 Å². The van der Waals surface area contributed by atoms with Gasteiger partial charge in [-0.15, -0.1) is 0 Å². The molecule has 1 rings (SSSR count). The lowest BCUT2D eigenvalue weighted by molar-refractivity contribution is 0.150. The molecule has 1 aromatic heterocycles. The van der Waals surface area contributed by atoms with E-state index < -0.39 is 6.43 Å². The van der Waals surface area contributed by atoms with Crippen molar-refractivity contribution in [1.29, 1.82) is 10.5 Å². The fraction of sp³-hybridized carbons (Fsp3) is 0.300. The van der Waals surface area contributed by atoms with Gasteiger partial charge < -0.3 is 0 Å². The first-order valence-electron chi connectivity index (χ1n) is 4.27. The van der Waals surface area contributed by atoms with E-state index >= 15 is 0 Å². The lowest BCUT2D eigenvalue weighted by atomic mass is 10.0. The molecule has 0 bridgehead atoms. The van der Waals surface area contributed by atoms with Crippen molar-refractivity contribution in [3.8, 4) is 12.1 Å². The molecular weight excluding hydrogens is 280 g/mol. The number of pyridine rings is 1. The zero-order valence-electron chi connectivity index (χ0n) is 8.04. The molecule has 0 aliphatic carbocycles. The number of nitriles is 2. The van der Waals surface area contributed by atoms with Crippen LogP contribution in [0, 0.1) is 22.7 Å². The van der Waals surface area contributed by atoms with Crippen molar-refractivity contribution in [2.45, 2.75) is 18.2 Å². The third kappa shape index (κ3) is 2.34. The van der Waals surface area contributed by atoms with Gasteiger partial charge in [-0.1, -0.05) is 15.9 Å². The van der Waals surface area contributed by atoms with E-state index in [9.17, 15) is 8.78 Å². The molecule has 0 spiro atoms. The average molecular weight is 286 g/mol. The SMILES string of the molecule is N#CCc1ncc(CBr)c(C(F)F)c1C#N. The van der Waals surface area contributed by atoms with E-state index in [2.05, 4.69) is 20.9 Å². The number of hydrogen-bond acceptors (Lipinski definition) is 3. The van der Waals surface area contributed by atoms with Crippen molar-refractivity contribution in [2.75, 3.05) is 0 Å². The summed E-state index contributed by atoms with van der Waals surface area (Å²) in [7, 11) is 0. The van der Waals surface area contributed by atoms with Crippen LogP contribution >= 0.6 is 15.9 Å². The Balaban J connectivity index is 3.46. The van der Waals surface area contributed by atoms with Crippen molar-refractivity contribution >= 4 is 15.9 Å². The van der Waals surface area contributed by atoms with Gasteiger partial charge in [0.15, 0.2) is 0 Å². The van der Waals surface area contributed by atoms with E-state index in [1.165, 1.54) is 6.20 Å². The average Bonchev–Trinajstić information content (AvgIpc) is 2.28. The van der Waals surface area contributed by atoms with E-state index in [-0.39, 0.29) is 34.1 Å². The Hall–Kier alpha value is -1.53. The maximum atomic E-state index is 12.8. The van der Waals surface area contributed by atoms with Crippen molar-refractivity contribution in [3.05, 3.63) is 28.6 Å². The molecule has 0 N–H and O–H groups in total. The summed E-state index contributed by atoms with van der Waals surface area (Å²) < 4.78 is 25.6. The Morgan fingerprint density at radius 3 is 2.56 bits per heavy atom. The molecular formula is C10H6BrF2N3. The third-order valence-corrected chi connectivity index (χ3v) is 2.60. The van der Waals surface area contributed by atoms with E-state index in [1.54, 1.807) is 12.1 Å². The Morgan fingerprint density at radius 2 is 2.12 bits per heavy atom. The molecule has 0 amide bonds. The number of hydrogen-bond donors (Lipinski definition) is 0. The highest BCUT2D eigenvalue weighted by Gasteiger charge is 2.21. The minimum Gasteiger partial charge on any atom is -0.258 e. The largest absolute Gasteiger partial charge is 0.265 e. The van der Waals surface area contributed by atoms with Crippen LogP contribution in [0.25, 0.3) is 0 Å². The van der Waals surface area contributed by atoms with Gasteiger partial charge in [0.1, 0.15) is 6.07 Å². The summed E-state index contributed by atoms with van der Waals surface area (Å²) >= 11 is 3.06. The highest BCUT2D eigenvalue weighted by molar-refractivity contribution is 9.08. The van der Waals surface area contributed by atoms with Crippen LogP contribution < -0.4 is 0 Å². The lowest BCUT2D eigenvalue weighted by Gasteiger charge is -2.10. The van der Waals surface area contributed by atoms with Crippen molar-refractivity contribution in [2.24, 2.45) is 0 Å². The van der Waals surface area contributed by atoms with Gasteiger partial charge in [0, 0.05) is 17.1 Å². The minimum absolute atomic E-state index is 0.102. The predicted molar refractivity (Wildman–Crippen MR) is 55.9 cm³/mol. The molecule has 0 aliphatic rings. The van der Waals surface area contributed by atoms with Crippen LogP contribution in [-0.2, 0) is 11.8 Å². The zero-order valence-corrected chi connectivity index (χ0v) is 9.63. The van der Waals surface area contributed by atoms with Crippen molar-refractivity contribution in [1.82, 2.24) is 4.98 Å². The predicted octanol–water partition coefficient (Wildman–Crippen LogP) is 2.85. The fourth-order valence-electron chi connectivity index (χ4n) is 1.30. The quantitative estimate of drug-likeness (QED) is 0.803. The first kappa shape index (κ1) is 12.5. The van der Waals surface area contributed by atoms with Crippen LogP contribution in [0.3, 0.4) is 0 Å². The second-order valence-corrected chi connectivity index (χ2v) is 3.46. The molecule has 0 atom stereocenters. The zero-order chi connectivity index (χ0) is 12.1. The van der Waals surface area contributed by atoms with Crippen LogP contribution in [0.15, 0.2) is 6.20 Å². The minimum atomic E-state index is -2.75. The number of alkyl halides is 3. The van der Waals surface area contributed by atoms with Gasteiger partial charge in [-0.3, -0.25) is 4.98 Å². The molecule has 0 fully saturated rings. The van der Waals surface area contributed by atoms with Gasteiger partial charge in [0.05, 0.1) is 23.7 Å². The normalized spacial score (nSPS) is 9.88. The molecule has 1 heterocycles. The topological polar surface area (TPSA) is 60.5 Å². The maximum absolute atomic E-state index is 12.8. The molecule has 0 aromatic carbocycles. The molecule has 0 aliphatic heterocycles. The van der Waals surface area contributed by atoms with Crippen LogP contribution in [0.4, 0.5) is 8.78 Å². The van der Waals surface area contributed by atoms with E-state index in [4.69, 9.17) is 10.5 Å². The monoisotopic (exact) mass is 285 g/mol. The number of halogens is 3. The van der Waals surface area contributed by atoms with Crippen LogP contribution in [0.1, 0.15) is 28.8 Å². The highest BCUT2D eigenvalue weighted by Crippen LogP contribution is 2.29. The molecule has 0 unspecified atom stereocenters. The Kier molecular flexibility index (Phi) is 4.33. The highest BCUT2D eigenvalue weighted by atomic mass is 79.9.